The van der Waals surface area contributed by atoms with Crippen LogP contribution in [0.1, 0.15) is 11.1 Å². The molecule has 0 saturated heterocycles. The molecule has 31 heavy (non-hydrogen) atoms. The monoisotopic (exact) mass is 417 g/mol. The molecule has 0 aliphatic heterocycles. The molecule has 1 heterocycles. The molecular formula is C24H20FN3O3. The molecule has 7 heteroatoms. The van der Waals surface area contributed by atoms with Crippen molar-refractivity contribution in [1.82, 2.24) is 4.98 Å². The average molecular weight is 417 g/mol. The maximum absolute atomic E-state index is 14.4. The van der Waals surface area contributed by atoms with E-state index in [1.54, 1.807) is 43.4 Å². The highest BCUT2D eigenvalue weighted by molar-refractivity contribution is 6.22. The molecule has 1 aromatic heterocycles. The lowest BCUT2D eigenvalue weighted by atomic mass is 10.0. The van der Waals surface area contributed by atoms with Crippen molar-refractivity contribution < 1.29 is 19.0 Å². The summed E-state index contributed by atoms with van der Waals surface area (Å²) in [6.45, 7) is 0. The highest BCUT2D eigenvalue weighted by atomic mass is 19.1. The molecule has 0 aliphatic carbocycles. The van der Waals surface area contributed by atoms with Crippen LogP contribution in [0.25, 0.3) is 10.9 Å². The standard InChI is InChI=1S/C24H20FN3O3/c1-28(24(30)31-2)16-12-13-19-17(14-16)21(23(29)27-19)22(15-8-4-3-5-9-15)26-20-11-7-6-10-18(20)25/h3-14,27,29H,1-2H3. The molecule has 2 N–H and O–H groups in total. The lowest BCUT2D eigenvalue weighted by Crippen LogP contribution is -2.25. The predicted octanol–water partition coefficient (Wildman–Crippen LogP) is 5.38. The van der Waals surface area contributed by atoms with Gasteiger partial charge in [0.1, 0.15) is 5.82 Å². The van der Waals surface area contributed by atoms with Gasteiger partial charge in [-0.15, -0.1) is 0 Å². The number of aromatic hydroxyl groups is 1. The van der Waals surface area contributed by atoms with E-state index >= 15 is 0 Å². The normalized spacial score (nSPS) is 11.5. The first-order valence-corrected chi connectivity index (χ1v) is 9.55. The van der Waals surface area contributed by atoms with Gasteiger partial charge in [0, 0.05) is 29.2 Å². The Morgan fingerprint density at radius 1 is 1.06 bits per heavy atom. The Balaban J connectivity index is 1.97. The molecule has 0 saturated carbocycles. The molecule has 0 aliphatic rings. The number of rotatable bonds is 4. The molecule has 0 bridgehead atoms. The molecule has 3 aromatic carbocycles. The summed E-state index contributed by atoms with van der Waals surface area (Å²) >= 11 is 0. The van der Waals surface area contributed by atoms with E-state index in [-0.39, 0.29) is 11.6 Å². The molecule has 1 amide bonds. The summed E-state index contributed by atoms with van der Waals surface area (Å²) in [4.78, 5) is 20.8. The molecule has 4 aromatic rings. The summed E-state index contributed by atoms with van der Waals surface area (Å²) in [7, 11) is 2.89. The van der Waals surface area contributed by atoms with Gasteiger partial charge in [0.25, 0.3) is 0 Å². The number of hydrogen-bond donors (Lipinski definition) is 2. The Kier molecular flexibility index (Phi) is 5.41. The Bertz CT molecular complexity index is 1280. The predicted molar refractivity (Wildman–Crippen MR) is 119 cm³/mol. The number of nitrogens with zero attached hydrogens (tertiary/aromatic N) is 2. The molecule has 0 radical (unpaired) electrons. The van der Waals surface area contributed by atoms with Crippen molar-refractivity contribution in [2.24, 2.45) is 4.99 Å². The van der Waals surface area contributed by atoms with Crippen LogP contribution in [0.2, 0.25) is 0 Å². The third-order valence-electron chi connectivity index (χ3n) is 4.97. The zero-order valence-corrected chi connectivity index (χ0v) is 17.0. The highest BCUT2D eigenvalue weighted by Gasteiger charge is 2.21. The summed E-state index contributed by atoms with van der Waals surface area (Å²) in [5.74, 6) is -0.576. The number of halogens is 1. The number of anilines is 1. The van der Waals surface area contributed by atoms with Crippen LogP contribution in [-0.4, -0.2) is 36.1 Å². The van der Waals surface area contributed by atoms with Crippen LogP contribution in [0.5, 0.6) is 5.88 Å². The van der Waals surface area contributed by atoms with Gasteiger partial charge in [0.05, 0.1) is 24.1 Å². The van der Waals surface area contributed by atoms with Gasteiger partial charge in [0.2, 0.25) is 0 Å². The Morgan fingerprint density at radius 2 is 1.77 bits per heavy atom. The fraction of sp³-hybridized carbons (Fsp3) is 0.0833. The van der Waals surface area contributed by atoms with Gasteiger partial charge in [-0.05, 0) is 30.3 Å². The summed E-state index contributed by atoms with van der Waals surface area (Å²) < 4.78 is 19.2. The Labute approximate surface area is 178 Å². The Morgan fingerprint density at radius 3 is 2.48 bits per heavy atom. The Hall–Kier alpha value is -4.13. The zero-order valence-electron chi connectivity index (χ0n) is 17.0. The number of carbonyl (C=O) groups excluding carboxylic acids is 1. The third-order valence-corrected chi connectivity index (χ3v) is 4.97. The van der Waals surface area contributed by atoms with E-state index in [0.29, 0.717) is 33.4 Å². The number of H-pyrrole nitrogens is 1. The number of aromatic amines is 1. The molecule has 0 atom stereocenters. The minimum atomic E-state index is -0.524. The van der Waals surface area contributed by atoms with E-state index in [9.17, 15) is 14.3 Å². The SMILES string of the molecule is COC(=O)N(C)c1ccc2[nH]c(O)c(C(=Nc3ccccc3F)c3ccccc3)c2c1. The first-order chi connectivity index (χ1) is 15.0. The number of nitrogens with one attached hydrogen (secondary N) is 1. The van der Waals surface area contributed by atoms with Gasteiger partial charge in [-0.1, -0.05) is 42.5 Å². The molecule has 6 nitrogen and oxygen atoms in total. The molecule has 0 unspecified atom stereocenters. The summed E-state index contributed by atoms with van der Waals surface area (Å²) in [6, 6.07) is 20.6. The molecule has 0 fully saturated rings. The molecular weight excluding hydrogens is 397 g/mol. The summed E-state index contributed by atoms with van der Waals surface area (Å²) in [5, 5.41) is 11.4. The summed E-state index contributed by atoms with van der Waals surface area (Å²) in [5.41, 5.74) is 2.87. The number of hydrogen-bond acceptors (Lipinski definition) is 4. The van der Waals surface area contributed by atoms with Gasteiger partial charge >= 0.3 is 6.09 Å². The second-order valence-corrected chi connectivity index (χ2v) is 6.89. The van der Waals surface area contributed by atoms with Gasteiger partial charge in [0.15, 0.2) is 5.88 Å². The number of benzene rings is 3. The lowest BCUT2D eigenvalue weighted by molar-refractivity contribution is 0.180. The van der Waals surface area contributed by atoms with E-state index in [4.69, 9.17) is 4.74 Å². The van der Waals surface area contributed by atoms with Gasteiger partial charge < -0.3 is 14.8 Å². The van der Waals surface area contributed by atoms with Crippen LogP contribution in [0, 0.1) is 5.82 Å². The number of ether oxygens (including phenoxy) is 1. The lowest BCUT2D eigenvalue weighted by Gasteiger charge is -2.16. The largest absolute Gasteiger partial charge is 0.494 e. The van der Waals surface area contributed by atoms with E-state index in [2.05, 4.69) is 9.98 Å². The van der Waals surface area contributed by atoms with Crippen LogP contribution in [0.3, 0.4) is 0 Å². The number of carbonyl (C=O) groups is 1. The number of fused-ring (bicyclic) bond motifs is 1. The second-order valence-electron chi connectivity index (χ2n) is 6.89. The van der Waals surface area contributed by atoms with Gasteiger partial charge in [-0.2, -0.15) is 0 Å². The van der Waals surface area contributed by atoms with Gasteiger partial charge in [-0.3, -0.25) is 4.90 Å². The topological polar surface area (TPSA) is 77.9 Å². The minimum absolute atomic E-state index is 0.105. The van der Waals surface area contributed by atoms with E-state index in [1.165, 1.54) is 18.1 Å². The van der Waals surface area contributed by atoms with Crippen molar-refractivity contribution in [2.45, 2.75) is 0 Å². The van der Waals surface area contributed by atoms with E-state index < -0.39 is 11.9 Å². The van der Waals surface area contributed by atoms with Crippen LogP contribution >= 0.6 is 0 Å². The summed E-state index contributed by atoms with van der Waals surface area (Å²) in [6.07, 6.45) is -0.524. The van der Waals surface area contributed by atoms with E-state index in [1.807, 2.05) is 30.3 Å². The average Bonchev–Trinajstić information content (AvgIpc) is 3.12. The molecule has 156 valence electrons. The number of para-hydroxylation sites is 1. The van der Waals surface area contributed by atoms with Crippen LogP contribution in [0.4, 0.5) is 20.6 Å². The second kappa shape index (κ2) is 8.31. The van der Waals surface area contributed by atoms with Crippen molar-refractivity contribution >= 4 is 34.1 Å². The number of amides is 1. The minimum Gasteiger partial charge on any atom is -0.494 e. The number of aliphatic imine (C=N–C) groups is 1. The maximum atomic E-state index is 14.4. The first kappa shape index (κ1) is 20.2. The van der Waals surface area contributed by atoms with Crippen LogP contribution in [0.15, 0.2) is 77.8 Å². The third kappa shape index (κ3) is 3.85. The fourth-order valence-electron chi connectivity index (χ4n) is 3.38. The van der Waals surface area contributed by atoms with Crippen molar-refractivity contribution in [3.63, 3.8) is 0 Å². The van der Waals surface area contributed by atoms with Crippen molar-refractivity contribution in [2.75, 3.05) is 19.1 Å². The van der Waals surface area contributed by atoms with Crippen molar-refractivity contribution in [3.8, 4) is 5.88 Å². The molecule has 0 spiro atoms. The number of aromatic nitrogens is 1. The van der Waals surface area contributed by atoms with E-state index in [0.717, 1.165) is 0 Å². The van der Waals surface area contributed by atoms with Crippen LogP contribution < -0.4 is 4.90 Å². The van der Waals surface area contributed by atoms with Crippen LogP contribution in [-0.2, 0) is 4.74 Å². The fourth-order valence-corrected chi connectivity index (χ4v) is 3.38. The highest BCUT2D eigenvalue weighted by Crippen LogP contribution is 2.34. The molecule has 4 rings (SSSR count). The smallest absolute Gasteiger partial charge is 0.413 e. The van der Waals surface area contributed by atoms with Crippen molar-refractivity contribution in [3.05, 3.63) is 89.7 Å². The quantitative estimate of drug-likeness (QED) is 0.437. The maximum Gasteiger partial charge on any atom is 0.413 e. The van der Waals surface area contributed by atoms with Gasteiger partial charge in [-0.25, -0.2) is 14.2 Å². The zero-order chi connectivity index (χ0) is 22.0. The first-order valence-electron chi connectivity index (χ1n) is 9.55. The van der Waals surface area contributed by atoms with Crippen molar-refractivity contribution in [1.29, 1.82) is 0 Å². The number of methoxy groups -OCH3 is 1.